The van der Waals surface area contributed by atoms with Crippen molar-refractivity contribution in [1.29, 1.82) is 0 Å². The van der Waals surface area contributed by atoms with E-state index in [4.69, 9.17) is 9.40 Å². The molecule has 0 amide bonds. The summed E-state index contributed by atoms with van der Waals surface area (Å²) in [5.74, 6) is 0. The van der Waals surface area contributed by atoms with E-state index >= 15 is 0 Å². The van der Waals surface area contributed by atoms with Crippen LogP contribution in [0.5, 0.6) is 0 Å². The zero-order chi connectivity index (χ0) is 21.8. The van der Waals surface area contributed by atoms with Crippen molar-refractivity contribution in [3.05, 3.63) is 109 Å². The van der Waals surface area contributed by atoms with E-state index in [0.717, 1.165) is 60.6 Å². The fourth-order valence-electron chi connectivity index (χ4n) is 4.74. The summed E-state index contributed by atoms with van der Waals surface area (Å²) in [4.78, 5) is 9.14. The van der Waals surface area contributed by atoms with E-state index in [-0.39, 0.29) is 0 Å². The fraction of sp³-hybridized carbons (Fsp3) is 0. The minimum Gasteiger partial charge on any atom is -0.455 e. The summed E-state index contributed by atoms with van der Waals surface area (Å²) >= 11 is 0. The van der Waals surface area contributed by atoms with E-state index in [1.807, 2.05) is 24.5 Å². The van der Waals surface area contributed by atoms with Crippen LogP contribution in [0.3, 0.4) is 0 Å². The first-order valence-electron chi connectivity index (χ1n) is 11.0. The Labute approximate surface area is 190 Å². The van der Waals surface area contributed by atoms with Gasteiger partial charge >= 0.3 is 0 Å². The molecule has 0 bridgehead atoms. The Morgan fingerprint density at radius 1 is 0.515 bits per heavy atom. The SMILES string of the molecule is c1cnc2ccc(-c3ccnc(-c4cccc5c4oc4c6ccccc6ccc54)c3)cc2c1. The monoisotopic (exact) mass is 422 g/mol. The number of para-hydroxylation sites is 1. The van der Waals surface area contributed by atoms with Gasteiger partial charge in [-0.25, -0.2) is 0 Å². The molecule has 3 aromatic heterocycles. The van der Waals surface area contributed by atoms with Gasteiger partial charge in [0.05, 0.1) is 11.2 Å². The van der Waals surface area contributed by atoms with E-state index in [9.17, 15) is 0 Å². The van der Waals surface area contributed by atoms with Gasteiger partial charge in [0, 0.05) is 39.5 Å². The molecule has 7 aromatic rings. The molecule has 3 heteroatoms. The minimum absolute atomic E-state index is 0.871. The first kappa shape index (κ1) is 18.1. The van der Waals surface area contributed by atoms with E-state index in [0.29, 0.717) is 0 Å². The highest BCUT2D eigenvalue weighted by Gasteiger charge is 2.15. The summed E-state index contributed by atoms with van der Waals surface area (Å²) in [7, 11) is 0. The number of furan rings is 1. The molecule has 0 aliphatic carbocycles. The highest BCUT2D eigenvalue weighted by Crippen LogP contribution is 2.38. The van der Waals surface area contributed by atoms with Gasteiger partial charge in [-0.15, -0.1) is 0 Å². The molecule has 0 aliphatic rings. The number of hydrogen-bond acceptors (Lipinski definition) is 3. The van der Waals surface area contributed by atoms with Crippen molar-refractivity contribution in [1.82, 2.24) is 9.97 Å². The smallest absolute Gasteiger partial charge is 0.144 e. The highest BCUT2D eigenvalue weighted by molar-refractivity contribution is 6.17. The predicted molar refractivity (Wildman–Crippen MR) is 135 cm³/mol. The second-order valence-corrected chi connectivity index (χ2v) is 8.29. The van der Waals surface area contributed by atoms with Gasteiger partial charge in [-0.1, -0.05) is 54.6 Å². The largest absolute Gasteiger partial charge is 0.455 e. The molecule has 0 N–H and O–H groups in total. The standard InChI is InChI=1S/C30H18N2O/c1-2-7-23-19(5-1)10-12-25-24-8-3-9-26(30(24)33-29(23)25)28-18-21(14-16-32-28)20-11-13-27-22(17-20)6-4-15-31-27/h1-18H. The quantitative estimate of drug-likeness (QED) is 0.283. The molecular formula is C30H18N2O. The first-order chi connectivity index (χ1) is 16.3. The van der Waals surface area contributed by atoms with Gasteiger partial charge in [-0.3, -0.25) is 9.97 Å². The predicted octanol–water partition coefficient (Wildman–Crippen LogP) is 8.02. The molecule has 0 saturated heterocycles. The third-order valence-electron chi connectivity index (χ3n) is 6.36. The maximum absolute atomic E-state index is 6.51. The Bertz CT molecular complexity index is 1830. The maximum atomic E-state index is 6.51. The van der Waals surface area contributed by atoms with Gasteiger partial charge in [0.1, 0.15) is 11.2 Å². The van der Waals surface area contributed by atoms with Gasteiger partial charge in [-0.05, 0) is 59.0 Å². The lowest BCUT2D eigenvalue weighted by Crippen LogP contribution is -1.87. The third-order valence-corrected chi connectivity index (χ3v) is 6.36. The molecule has 0 spiro atoms. The van der Waals surface area contributed by atoms with Crippen LogP contribution in [0.2, 0.25) is 0 Å². The van der Waals surface area contributed by atoms with Crippen LogP contribution >= 0.6 is 0 Å². The van der Waals surface area contributed by atoms with Crippen LogP contribution in [0, 0.1) is 0 Å². The zero-order valence-electron chi connectivity index (χ0n) is 17.7. The van der Waals surface area contributed by atoms with Gasteiger partial charge < -0.3 is 4.42 Å². The molecule has 0 radical (unpaired) electrons. The Hall–Kier alpha value is -4.50. The molecule has 0 saturated carbocycles. The highest BCUT2D eigenvalue weighted by atomic mass is 16.3. The summed E-state index contributed by atoms with van der Waals surface area (Å²) in [5.41, 5.74) is 6.94. The molecular weight excluding hydrogens is 404 g/mol. The average Bonchev–Trinajstić information content (AvgIpc) is 3.28. The van der Waals surface area contributed by atoms with E-state index in [1.54, 1.807) is 0 Å². The number of pyridine rings is 2. The van der Waals surface area contributed by atoms with Crippen molar-refractivity contribution in [3.63, 3.8) is 0 Å². The fourth-order valence-corrected chi connectivity index (χ4v) is 4.74. The Balaban J connectivity index is 1.43. The van der Waals surface area contributed by atoms with Crippen molar-refractivity contribution in [2.75, 3.05) is 0 Å². The number of hydrogen-bond donors (Lipinski definition) is 0. The summed E-state index contributed by atoms with van der Waals surface area (Å²) in [6, 6.07) is 33.6. The number of fused-ring (bicyclic) bond motifs is 6. The Kier molecular flexibility index (Phi) is 3.84. The van der Waals surface area contributed by atoms with E-state index < -0.39 is 0 Å². The van der Waals surface area contributed by atoms with Crippen molar-refractivity contribution in [2.24, 2.45) is 0 Å². The maximum Gasteiger partial charge on any atom is 0.144 e. The lowest BCUT2D eigenvalue weighted by molar-refractivity contribution is 0.673. The molecule has 0 unspecified atom stereocenters. The first-order valence-corrected chi connectivity index (χ1v) is 11.0. The second kappa shape index (κ2) is 7.01. The van der Waals surface area contributed by atoms with Crippen molar-refractivity contribution in [3.8, 4) is 22.4 Å². The number of aromatic nitrogens is 2. The van der Waals surface area contributed by atoms with Crippen LogP contribution in [-0.2, 0) is 0 Å². The molecule has 0 atom stereocenters. The molecule has 3 heterocycles. The zero-order valence-corrected chi connectivity index (χ0v) is 17.7. The summed E-state index contributed by atoms with van der Waals surface area (Å²) in [6.45, 7) is 0. The summed E-state index contributed by atoms with van der Waals surface area (Å²) in [6.07, 6.45) is 3.69. The lowest BCUT2D eigenvalue weighted by atomic mass is 10.0. The molecule has 7 rings (SSSR count). The molecule has 4 aromatic carbocycles. The summed E-state index contributed by atoms with van der Waals surface area (Å²) in [5, 5.41) is 5.67. The summed E-state index contributed by atoms with van der Waals surface area (Å²) < 4.78 is 6.51. The van der Waals surface area contributed by atoms with E-state index in [1.165, 1.54) is 5.39 Å². The normalized spacial score (nSPS) is 11.6. The Morgan fingerprint density at radius 2 is 1.36 bits per heavy atom. The number of nitrogens with zero attached hydrogens (tertiary/aromatic N) is 2. The lowest BCUT2D eigenvalue weighted by Gasteiger charge is -2.07. The molecule has 154 valence electrons. The molecule has 3 nitrogen and oxygen atoms in total. The van der Waals surface area contributed by atoms with Crippen LogP contribution in [-0.4, -0.2) is 9.97 Å². The minimum atomic E-state index is 0.871. The topological polar surface area (TPSA) is 38.9 Å². The van der Waals surface area contributed by atoms with Crippen LogP contribution in [0.15, 0.2) is 114 Å². The van der Waals surface area contributed by atoms with Gasteiger partial charge in [0.15, 0.2) is 0 Å². The van der Waals surface area contributed by atoms with Gasteiger partial charge in [-0.2, -0.15) is 0 Å². The van der Waals surface area contributed by atoms with Crippen LogP contribution < -0.4 is 0 Å². The third kappa shape index (κ3) is 2.83. The molecule has 0 fully saturated rings. The van der Waals surface area contributed by atoms with Crippen molar-refractivity contribution < 1.29 is 4.42 Å². The van der Waals surface area contributed by atoms with Gasteiger partial charge in [0.25, 0.3) is 0 Å². The number of rotatable bonds is 2. The van der Waals surface area contributed by atoms with E-state index in [2.05, 4.69) is 89.9 Å². The van der Waals surface area contributed by atoms with Crippen LogP contribution in [0.4, 0.5) is 0 Å². The average molecular weight is 422 g/mol. The Morgan fingerprint density at radius 3 is 2.36 bits per heavy atom. The van der Waals surface area contributed by atoms with Crippen molar-refractivity contribution >= 4 is 43.6 Å². The van der Waals surface area contributed by atoms with Crippen LogP contribution in [0.1, 0.15) is 0 Å². The van der Waals surface area contributed by atoms with Gasteiger partial charge in [0.2, 0.25) is 0 Å². The van der Waals surface area contributed by atoms with Crippen LogP contribution in [0.25, 0.3) is 66.0 Å². The molecule has 33 heavy (non-hydrogen) atoms. The molecule has 0 aliphatic heterocycles. The van der Waals surface area contributed by atoms with Crippen molar-refractivity contribution in [2.45, 2.75) is 0 Å². The number of benzene rings is 4. The second-order valence-electron chi connectivity index (χ2n) is 8.29.